The summed E-state index contributed by atoms with van der Waals surface area (Å²) in [7, 11) is 1.62. The fraction of sp³-hybridized carbons (Fsp3) is 0.154. The molecule has 0 saturated heterocycles. The molecule has 0 amide bonds. The number of nitrogens with zero attached hydrogens (tertiary/aromatic N) is 1. The van der Waals surface area contributed by atoms with Gasteiger partial charge in [-0.2, -0.15) is 0 Å². The second-order valence-corrected chi connectivity index (χ2v) is 7.31. The van der Waals surface area contributed by atoms with E-state index < -0.39 is 0 Å². The zero-order chi connectivity index (χ0) is 21.6. The van der Waals surface area contributed by atoms with Gasteiger partial charge in [-0.3, -0.25) is 0 Å². The van der Waals surface area contributed by atoms with Crippen LogP contribution in [0.3, 0.4) is 0 Å². The summed E-state index contributed by atoms with van der Waals surface area (Å²) in [5.74, 6) is 3.77. The van der Waals surface area contributed by atoms with Crippen molar-refractivity contribution in [1.82, 2.24) is 0 Å². The smallest absolute Gasteiger partial charge is 0.127 e. The summed E-state index contributed by atoms with van der Waals surface area (Å²) in [5.41, 5.74) is 2.40. The predicted molar refractivity (Wildman–Crippen MR) is 123 cm³/mol. The lowest BCUT2D eigenvalue weighted by atomic mass is 10.1. The molecule has 0 radical (unpaired) electrons. The highest BCUT2D eigenvalue weighted by atomic mass is 16.5. The molecule has 1 aliphatic carbocycles. The maximum atomic E-state index is 12.7. The molecule has 158 valence electrons. The average molecular weight is 414 g/mol. The maximum absolute atomic E-state index is 12.7. The first-order valence-corrected chi connectivity index (χ1v) is 10.1. The minimum Gasteiger partial charge on any atom is -0.754 e. The van der Waals surface area contributed by atoms with Crippen molar-refractivity contribution in [2.75, 3.05) is 12.2 Å². The van der Waals surface area contributed by atoms with Gasteiger partial charge >= 0.3 is 0 Å². The van der Waals surface area contributed by atoms with Crippen molar-refractivity contribution in [2.45, 2.75) is 19.8 Å². The van der Waals surface area contributed by atoms with Gasteiger partial charge in [0.25, 0.3) is 0 Å². The Labute approximate surface area is 182 Å². The van der Waals surface area contributed by atoms with Gasteiger partial charge in [0.15, 0.2) is 0 Å². The summed E-state index contributed by atoms with van der Waals surface area (Å²) < 4.78 is 16.9. The molecule has 0 atom stereocenters. The quantitative estimate of drug-likeness (QED) is 0.385. The molecule has 3 aromatic carbocycles. The fourth-order valence-electron chi connectivity index (χ4n) is 3.19. The van der Waals surface area contributed by atoms with Gasteiger partial charge < -0.3 is 24.5 Å². The van der Waals surface area contributed by atoms with E-state index in [2.05, 4.69) is 13.0 Å². The Bertz CT molecular complexity index is 1070. The van der Waals surface area contributed by atoms with Crippen LogP contribution in [0.1, 0.15) is 19.8 Å². The highest BCUT2D eigenvalue weighted by Gasteiger charge is 2.07. The Morgan fingerprint density at radius 2 is 1.13 bits per heavy atom. The molecule has 0 N–H and O–H groups in total. The number of methoxy groups -OCH3 is 1. The van der Waals surface area contributed by atoms with Crippen LogP contribution in [0.15, 0.2) is 96.3 Å². The summed E-state index contributed by atoms with van der Waals surface area (Å²) in [6.07, 6.45) is 5.98. The third kappa shape index (κ3) is 5.27. The monoisotopic (exact) mass is 414 g/mol. The summed E-state index contributed by atoms with van der Waals surface area (Å²) in [6.45, 7) is 2.11. The molecule has 3 aromatic rings. The van der Waals surface area contributed by atoms with Crippen molar-refractivity contribution in [3.05, 3.63) is 101 Å². The lowest BCUT2D eigenvalue weighted by molar-refractivity contribution is 0.401. The maximum Gasteiger partial charge on any atom is 0.127 e. The minimum atomic E-state index is 0.520. The van der Waals surface area contributed by atoms with Crippen LogP contribution in [-0.2, 0) is 0 Å². The van der Waals surface area contributed by atoms with Crippen LogP contribution >= 0.6 is 0 Å². The molecule has 4 rings (SSSR count). The van der Waals surface area contributed by atoms with E-state index >= 15 is 0 Å². The first kappa shape index (κ1) is 20.6. The standard InChI is InChI=1S/C26H24NO4/c1-19-3-9-23(10-4-19)30-24-11-5-20(6-12-24)27(28)21-7-13-25(14-8-21)31-26-17-15-22(29-2)16-18-26/h3,5-9,11-18H,4,10H2,1-2H3/q-1. The zero-order valence-corrected chi connectivity index (χ0v) is 17.6. The lowest BCUT2D eigenvalue weighted by Crippen LogP contribution is -2.06. The topological polar surface area (TPSA) is 54.0 Å². The summed E-state index contributed by atoms with van der Waals surface area (Å²) in [6, 6.07) is 21.5. The Hall–Kier alpha value is -3.70. The number of hydrogen-bond donors (Lipinski definition) is 0. The van der Waals surface area contributed by atoms with Crippen LogP contribution < -0.4 is 19.3 Å². The number of hydrogen-bond acceptors (Lipinski definition) is 5. The van der Waals surface area contributed by atoms with Crippen LogP contribution in [0.4, 0.5) is 11.4 Å². The minimum absolute atomic E-state index is 0.520. The van der Waals surface area contributed by atoms with E-state index in [0.717, 1.165) is 35.2 Å². The number of allylic oxidation sites excluding steroid dienone is 4. The Morgan fingerprint density at radius 1 is 0.645 bits per heavy atom. The van der Waals surface area contributed by atoms with E-state index in [1.54, 1.807) is 43.5 Å². The van der Waals surface area contributed by atoms with Gasteiger partial charge in [-0.15, -0.1) is 0 Å². The molecular formula is C26H24NO4-. The van der Waals surface area contributed by atoms with Crippen molar-refractivity contribution < 1.29 is 14.2 Å². The molecule has 0 aromatic heterocycles. The normalized spacial score (nSPS) is 13.1. The van der Waals surface area contributed by atoms with E-state index in [-0.39, 0.29) is 0 Å². The van der Waals surface area contributed by atoms with Crippen molar-refractivity contribution in [1.29, 1.82) is 0 Å². The summed E-state index contributed by atoms with van der Waals surface area (Å²) in [5, 5.41) is 13.6. The number of rotatable bonds is 7. The van der Waals surface area contributed by atoms with Gasteiger partial charge in [0, 0.05) is 17.8 Å². The molecule has 0 bridgehead atoms. The van der Waals surface area contributed by atoms with Crippen LogP contribution in [0.5, 0.6) is 23.0 Å². The van der Waals surface area contributed by atoms with Crippen molar-refractivity contribution in [2.24, 2.45) is 0 Å². The number of anilines is 2. The molecule has 5 nitrogen and oxygen atoms in total. The first-order valence-electron chi connectivity index (χ1n) is 10.1. The molecule has 0 aliphatic heterocycles. The molecule has 0 spiro atoms. The van der Waals surface area contributed by atoms with Gasteiger partial charge in [0.2, 0.25) is 0 Å². The van der Waals surface area contributed by atoms with Crippen molar-refractivity contribution in [3.8, 4) is 23.0 Å². The van der Waals surface area contributed by atoms with Crippen LogP contribution in [0.25, 0.3) is 0 Å². The van der Waals surface area contributed by atoms with Crippen LogP contribution in [0, 0.1) is 5.21 Å². The molecule has 0 saturated carbocycles. The van der Waals surface area contributed by atoms with E-state index in [4.69, 9.17) is 14.2 Å². The predicted octanol–water partition coefficient (Wildman–Crippen LogP) is 7.13. The van der Waals surface area contributed by atoms with E-state index in [9.17, 15) is 5.21 Å². The Balaban J connectivity index is 1.38. The van der Waals surface area contributed by atoms with Crippen LogP contribution in [-0.4, -0.2) is 7.11 Å². The van der Waals surface area contributed by atoms with Crippen LogP contribution in [0.2, 0.25) is 0 Å². The third-order valence-electron chi connectivity index (χ3n) is 5.01. The third-order valence-corrected chi connectivity index (χ3v) is 5.01. The molecule has 0 heterocycles. The second kappa shape index (κ2) is 9.41. The molecule has 0 fully saturated rings. The van der Waals surface area contributed by atoms with Gasteiger partial charge in [-0.1, -0.05) is 11.6 Å². The average Bonchev–Trinajstić information content (AvgIpc) is 2.82. The van der Waals surface area contributed by atoms with E-state index in [1.807, 2.05) is 42.5 Å². The first-order chi connectivity index (χ1) is 15.1. The largest absolute Gasteiger partial charge is 0.754 e. The highest BCUT2D eigenvalue weighted by molar-refractivity contribution is 5.65. The van der Waals surface area contributed by atoms with E-state index in [1.165, 1.54) is 5.57 Å². The van der Waals surface area contributed by atoms with Gasteiger partial charge in [0.05, 0.1) is 7.11 Å². The molecular weight excluding hydrogens is 390 g/mol. The molecule has 1 aliphatic rings. The van der Waals surface area contributed by atoms with Crippen molar-refractivity contribution in [3.63, 3.8) is 0 Å². The summed E-state index contributed by atoms with van der Waals surface area (Å²) in [4.78, 5) is 0. The zero-order valence-electron chi connectivity index (χ0n) is 17.6. The number of benzene rings is 3. The number of ether oxygens (including phenoxy) is 3. The summed E-state index contributed by atoms with van der Waals surface area (Å²) >= 11 is 0. The van der Waals surface area contributed by atoms with Gasteiger partial charge in [-0.25, -0.2) is 0 Å². The SMILES string of the molecule is COc1ccc(Oc2ccc(N([O-])c3ccc(OC4=CC=C(C)CC4)cc3)cc2)cc1. The fourth-order valence-corrected chi connectivity index (χ4v) is 3.19. The molecule has 31 heavy (non-hydrogen) atoms. The Kier molecular flexibility index (Phi) is 6.24. The van der Waals surface area contributed by atoms with Crippen molar-refractivity contribution >= 4 is 11.4 Å². The second-order valence-electron chi connectivity index (χ2n) is 7.31. The van der Waals surface area contributed by atoms with Gasteiger partial charge in [0.1, 0.15) is 28.8 Å². The molecule has 0 unspecified atom stereocenters. The molecule has 5 heteroatoms. The van der Waals surface area contributed by atoms with E-state index in [0.29, 0.717) is 22.9 Å². The van der Waals surface area contributed by atoms with Gasteiger partial charge in [-0.05, 0) is 92.2 Å². The Morgan fingerprint density at radius 3 is 1.61 bits per heavy atom. The lowest BCUT2D eigenvalue weighted by Gasteiger charge is -2.31. The highest BCUT2D eigenvalue weighted by Crippen LogP contribution is 2.30.